The summed E-state index contributed by atoms with van der Waals surface area (Å²) in [6, 6.07) is 27.5. The monoisotopic (exact) mass is 498 g/mol. The van der Waals surface area contributed by atoms with Gasteiger partial charge in [0.25, 0.3) is 0 Å². The molecule has 0 nitrogen and oxygen atoms in total. The summed E-state index contributed by atoms with van der Waals surface area (Å²) in [5.41, 5.74) is 8.96. The Bertz CT molecular complexity index is 1040. The minimum absolute atomic E-state index is 0. The SMILES string of the molecule is C[Si](C)=[Zr+2]([CH]1C=Cc2ccccc21)[CH]1c2ccccc2-c2ccccc21.[Cl-].[Cl-]. The number of fused-ring (bicyclic) bond motifs is 4. The first kappa shape index (κ1) is 21.8. The van der Waals surface area contributed by atoms with Crippen molar-refractivity contribution in [1.82, 2.24) is 0 Å². The second kappa shape index (κ2) is 8.84. The van der Waals surface area contributed by atoms with Crippen molar-refractivity contribution < 1.29 is 45.2 Å². The topological polar surface area (TPSA) is 0 Å². The summed E-state index contributed by atoms with van der Waals surface area (Å²) in [6.07, 6.45) is 4.94. The molecule has 0 aromatic heterocycles. The molecule has 4 heteroatoms. The van der Waals surface area contributed by atoms with Crippen LogP contribution in [-0.2, 0) is 20.4 Å². The van der Waals surface area contributed by atoms with E-state index in [1.165, 1.54) is 16.7 Å². The molecule has 0 amide bonds. The Hall–Kier alpha value is -0.920. The predicted octanol–water partition coefficient (Wildman–Crippen LogP) is 0.402. The van der Waals surface area contributed by atoms with Gasteiger partial charge in [-0.3, -0.25) is 0 Å². The van der Waals surface area contributed by atoms with E-state index in [1.807, 2.05) is 0 Å². The first-order chi connectivity index (χ1) is 12.8. The van der Waals surface area contributed by atoms with E-state index < -0.39 is 20.4 Å². The number of rotatable bonds is 2. The van der Waals surface area contributed by atoms with Gasteiger partial charge in [0.2, 0.25) is 0 Å². The van der Waals surface area contributed by atoms with Crippen LogP contribution in [-0.4, -0.2) is 5.43 Å². The summed E-state index contributed by atoms with van der Waals surface area (Å²) in [6.45, 7) is 5.16. The van der Waals surface area contributed by atoms with E-state index >= 15 is 0 Å². The molecule has 2 aliphatic carbocycles. The minimum atomic E-state index is -1.84. The molecule has 140 valence electrons. The van der Waals surface area contributed by atoms with Gasteiger partial charge in [0.1, 0.15) is 0 Å². The molecule has 0 bridgehead atoms. The van der Waals surface area contributed by atoms with Gasteiger partial charge in [-0.25, -0.2) is 0 Å². The van der Waals surface area contributed by atoms with Crippen LogP contribution in [0.1, 0.15) is 29.5 Å². The number of halogens is 2. The molecule has 0 saturated heterocycles. The van der Waals surface area contributed by atoms with E-state index in [0.717, 1.165) is 3.63 Å². The Morgan fingerprint density at radius 3 is 1.75 bits per heavy atom. The van der Waals surface area contributed by atoms with Gasteiger partial charge in [-0.15, -0.1) is 0 Å². The Kier molecular flexibility index (Phi) is 6.88. The first-order valence-electron chi connectivity index (χ1n) is 9.38. The van der Waals surface area contributed by atoms with Crippen LogP contribution in [0.3, 0.4) is 0 Å². The molecule has 1 atom stereocenters. The van der Waals surface area contributed by atoms with Crippen LogP contribution in [0, 0.1) is 0 Å². The van der Waals surface area contributed by atoms with Crippen LogP contribution < -0.4 is 24.8 Å². The van der Waals surface area contributed by atoms with Crippen LogP contribution in [0.4, 0.5) is 0 Å². The average molecular weight is 501 g/mol. The second-order valence-electron chi connectivity index (χ2n) is 7.53. The summed E-state index contributed by atoms with van der Waals surface area (Å²) in [5, 5.41) is 0. The molecule has 0 fully saturated rings. The standard InChI is InChI=1S/C13H9.C9H7.C2H6Si.2ClH.Zr/c1-3-7-12-10(5-1)9-11-6-2-4-8-13(11)12;1-2-5-9-7-3-6-8(9)4-1;1-3-2;;;/h1-9H;1-7H;1-2H3;2*1H;/q;;;;;+2/p-2. The Labute approximate surface area is 188 Å². The number of allylic oxidation sites excluding steroid dienone is 1. The van der Waals surface area contributed by atoms with Gasteiger partial charge in [-0.1, -0.05) is 0 Å². The van der Waals surface area contributed by atoms with E-state index in [9.17, 15) is 0 Å². The summed E-state index contributed by atoms with van der Waals surface area (Å²) in [4.78, 5) is 0. The van der Waals surface area contributed by atoms with E-state index in [1.54, 1.807) is 16.7 Å². The van der Waals surface area contributed by atoms with Crippen molar-refractivity contribution in [3.63, 3.8) is 0 Å². The van der Waals surface area contributed by atoms with Crippen LogP contribution in [0.2, 0.25) is 13.1 Å². The Balaban J connectivity index is 0.00000112. The summed E-state index contributed by atoms with van der Waals surface area (Å²) >= 11 is -1.84. The second-order valence-corrected chi connectivity index (χ2v) is 25.5. The van der Waals surface area contributed by atoms with Crippen LogP contribution in [0.5, 0.6) is 0 Å². The van der Waals surface area contributed by atoms with Crippen molar-refractivity contribution >= 4 is 11.5 Å². The summed E-state index contributed by atoms with van der Waals surface area (Å²) < 4.78 is 1.43. The van der Waals surface area contributed by atoms with Gasteiger partial charge in [-0.2, -0.15) is 0 Å². The van der Waals surface area contributed by atoms with Gasteiger partial charge in [0, 0.05) is 0 Å². The molecular weight excluding hydrogens is 478 g/mol. The molecule has 28 heavy (non-hydrogen) atoms. The third-order valence-electron chi connectivity index (χ3n) is 5.86. The van der Waals surface area contributed by atoms with Crippen molar-refractivity contribution in [3.05, 3.63) is 101 Å². The van der Waals surface area contributed by atoms with Crippen molar-refractivity contribution in [3.8, 4) is 11.1 Å². The average Bonchev–Trinajstić information content (AvgIpc) is 3.23. The van der Waals surface area contributed by atoms with Gasteiger partial charge < -0.3 is 24.8 Å². The third kappa shape index (κ3) is 3.43. The van der Waals surface area contributed by atoms with Crippen molar-refractivity contribution in [2.24, 2.45) is 0 Å². The molecule has 3 aromatic rings. The number of hydrogen-bond acceptors (Lipinski definition) is 0. The van der Waals surface area contributed by atoms with Crippen molar-refractivity contribution in [2.45, 2.75) is 20.3 Å². The fourth-order valence-corrected chi connectivity index (χ4v) is 24.1. The van der Waals surface area contributed by atoms with E-state index in [2.05, 4.69) is 98.0 Å². The number of benzene rings is 3. The van der Waals surface area contributed by atoms with E-state index in [0.29, 0.717) is 3.63 Å². The quantitative estimate of drug-likeness (QED) is 0.447. The van der Waals surface area contributed by atoms with Crippen molar-refractivity contribution in [1.29, 1.82) is 0 Å². The zero-order valence-corrected chi connectivity index (χ0v) is 21.0. The van der Waals surface area contributed by atoms with Gasteiger partial charge in [0.15, 0.2) is 0 Å². The molecule has 5 rings (SSSR count). The molecule has 2 aliphatic rings. The summed E-state index contributed by atoms with van der Waals surface area (Å²) in [5.74, 6) is 0. The van der Waals surface area contributed by atoms with Gasteiger partial charge in [0.05, 0.1) is 0 Å². The largest absolute Gasteiger partial charge is 1.00 e. The van der Waals surface area contributed by atoms with Crippen LogP contribution in [0.15, 0.2) is 78.9 Å². The molecular formula is C24H22Cl2SiZr. The normalized spacial score (nSPS) is 15.4. The Morgan fingerprint density at radius 2 is 1.18 bits per heavy atom. The third-order valence-corrected chi connectivity index (χ3v) is 25.0. The smallest absolute Gasteiger partial charge is 1.00 e. The predicted molar refractivity (Wildman–Crippen MR) is 109 cm³/mol. The molecule has 0 N–H and O–H groups in total. The zero-order chi connectivity index (χ0) is 17.7. The maximum Gasteiger partial charge on any atom is -1.00 e. The maximum atomic E-state index is 2.58. The zero-order valence-electron chi connectivity index (χ0n) is 16.0. The molecule has 0 aliphatic heterocycles. The minimum Gasteiger partial charge on any atom is -1.00 e. The van der Waals surface area contributed by atoms with Crippen LogP contribution in [0.25, 0.3) is 17.2 Å². The molecule has 0 heterocycles. The fraction of sp³-hybridized carbons (Fsp3) is 0.167. The van der Waals surface area contributed by atoms with Gasteiger partial charge in [-0.05, 0) is 0 Å². The number of hydrogen-bond donors (Lipinski definition) is 0. The summed E-state index contributed by atoms with van der Waals surface area (Å²) in [7, 11) is 0. The molecule has 0 spiro atoms. The van der Waals surface area contributed by atoms with Crippen LogP contribution >= 0.6 is 0 Å². The van der Waals surface area contributed by atoms with E-state index in [-0.39, 0.29) is 30.2 Å². The van der Waals surface area contributed by atoms with E-state index in [4.69, 9.17) is 0 Å². The molecule has 0 radical (unpaired) electrons. The molecule has 1 unspecified atom stereocenters. The molecule has 3 aromatic carbocycles. The Morgan fingerprint density at radius 1 is 0.679 bits per heavy atom. The van der Waals surface area contributed by atoms with Crippen molar-refractivity contribution in [2.75, 3.05) is 0 Å². The van der Waals surface area contributed by atoms with Gasteiger partial charge >= 0.3 is 164 Å². The fourth-order valence-electron chi connectivity index (χ4n) is 4.79. The first-order valence-corrected chi connectivity index (χ1v) is 18.4. The maximum absolute atomic E-state index is 2.58. The molecule has 0 saturated carbocycles.